The van der Waals surface area contributed by atoms with Crippen LogP contribution in [0.25, 0.3) is 22.3 Å². The number of benzene rings is 2. The molecule has 1 aliphatic heterocycles. The Bertz CT molecular complexity index is 956. The SMILES string of the molecule is O=C1CCOC(c2cccc3c(=O)cc(-c4ccccc4)oc23)C1. The van der Waals surface area contributed by atoms with Gasteiger partial charge in [-0.2, -0.15) is 0 Å². The van der Waals surface area contributed by atoms with E-state index in [1.165, 1.54) is 6.07 Å². The average Bonchev–Trinajstić information content (AvgIpc) is 2.62. The van der Waals surface area contributed by atoms with Crippen LogP contribution < -0.4 is 5.43 Å². The Hall–Kier alpha value is -2.72. The maximum atomic E-state index is 12.5. The molecule has 0 N–H and O–H groups in total. The number of carbonyl (C=O) groups is 1. The fourth-order valence-corrected chi connectivity index (χ4v) is 3.08. The third kappa shape index (κ3) is 2.65. The van der Waals surface area contributed by atoms with E-state index in [2.05, 4.69) is 0 Å². The lowest BCUT2D eigenvalue weighted by atomic mass is 9.98. The van der Waals surface area contributed by atoms with Crippen LogP contribution >= 0.6 is 0 Å². The van der Waals surface area contributed by atoms with Gasteiger partial charge in [0.15, 0.2) is 5.43 Å². The van der Waals surface area contributed by atoms with Gasteiger partial charge in [0, 0.05) is 30.0 Å². The van der Waals surface area contributed by atoms with Crippen LogP contribution in [0.15, 0.2) is 63.8 Å². The Morgan fingerprint density at radius 3 is 2.58 bits per heavy atom. The molecule has 2 heterocycles. The van der Waals surface area contributed by atoms with Gasteiger partial charge in [-0.15, -0.1) is 0 Å². The maximum absolute atomic E-state index is 12.5. The number of hydrogen-bond donors (Lipinski definition) is 0. The van der Waals surface area contributed by atoms with Crippen molar-refractivity contribution in [2.45, 2.75) is 18.9 Å². The summed E-state index contributed by atoms with van der Waals surface area (Å²) >= 11 is 0. The minimum Gasteiger partial charge on any atom is -0.455 e. The summed E-state index contributed by atoms with van der Waals surface area (Å²) in [7, 11) is 0. The van der Waals surface area contributed by atoms with Gasteiger partial charge in [0.25, 0.3) is 0 Å². The van der Waals surface area contributed by atoms with Gasteiger partial charge in [-0.3, -0.25) is 9.59 Å². The molecule has 0 saturated carbocycles. The Balaban J connectivity index is 1.90. The molecule has 1 aliphatic rings. The molecule has 0 radical (unpaired) electrons. The van der Waals surface area contributed by atoms with Gasteiger partial charge >= 0.3 is 0 Å². The molecular weight excluding hydrogens is 304 g/mol. The molecule has 4 nitrogen and oxygen atoms in total. The Labute approximate surface area is 138 Å². The first-order valence-corrected chi connectivity index (χ1v) is 7.98. The predicted molar refractivity (Wildman–Crippen MR) is 90.9 cm³/mol. The quantitative estimate of drug-likeness (QED) is 0.719. The molecule has 1 atom stereocenters. The number of carbonyl (C=O) groups excluding carboxylic acids is 1. The van der Waals surface area contributed by atoms with Crippen molar-refractivity contribution in [3.8, 4) is 11.3 Å². The van der Waals surface area contributed by atoms with Crippen LogP contribution in [0.5, 0.6) is 0 Å². The van der Waals surface area contributed by atoms with E-state index < -0.39 is 0 Å². The van der Waals surface area contributed by atoms with E-state index in [-0.39, 0.29) is 17.3 Å². The first kappa shape index (κ1) is 14.8. The van der Waals surface area contributed by atoms with Crippen molar-refractivity contribution in [1.29, 1.82) is 0 Å². The summed E-state index contributed by atoms with van der Waals surface area (Å²) in [6.07, 6.45) is 0.405. The van der Waals surface area contributed by atoms with Gasteiger partial charge in [0.1, 0.15) is 17.1 Å². The van der Waals surface area contributed by atoms with E-state index in [0.717, 1.165) is 11.1 Å². The highest BCUT2D eigenvalue weighted by atomic mass is 16.5. The van der Waals surface area contributed by atoms with Crippen LogP contribution in [0.1, 0.15) is 24.5 Å². The summed E-state index contributed by atoms with van der Waals surface area (Å²) in [5.41, 5.74) is 2.00. The lowest BCUT2D eigenvalue weighted by Crippen LogP contribution is -2.20. The van der Waals surface area contributed by atoms with Crippen molar-refractivity contribution >= 4 is 16.8 Å². The molecule has 0 aliphatic carbocycles. The Morgan fingerprint density at radius 2 is 1.79 bits per heavy atom. The third-order valence-electron chi connectivity index (χ3n) is 4.30. The lowest BCUT2D eigenvalue weighted by molar-refractivity contribution is -0.128. The molecule has 2 aromatic carbocycles. The normalized spacial score (nSPS) is 18.0. The molecule has 1 saturated heterocycles. The average molecular weight is 320 g/mol. The van der Waals surface area contributed by atoms with Gasteiger partial charge in [-0.1, -0.05) is 42.5 Å². The summed E-state index contributed by atoms with van der Waals surface area (Å²) in [6.45, 7) is 0.405. The van der Waals surface area contributed by atoms with Crippen molar-refractivity contribution < 1.29 is 13.9 Å². The first-order chi connectivity index (χ1) is 11.7. The lowest BCUT2D eigenvalue weighted by Gasteiger charge is -2.22. The van der Waals surface area contributed by atoms with Gasteiger partial charge in [-0.05, 0) is 6.07 Å². The molecule has 3 aromatic rings. The monoisotopic (exact) mass is 320 g/mol. The zero-order valence-electron chi connectivity index (χ0n) is 13.0. The Morgan fingerprint density at radius 1 is 0.958 bits per heavy atom. The summed E-state index contributed by atoms with van der Waals surface area (Å²) in [4.78, 5) is 24.3. The van der Waals surface area contributed by atoms with Crippen LogP contribution in [0.4, 0.5) is 0 Å². The molecule has 24 heavy (non-hydrogen) atoms. The van der Waals surface area contributed by atoms with E-state index in [9.17, 15) is 9.59 Å². The molecule has 0 amide bonds. The van der Waals surface area contributed by atoms with Crippen molar-refractivity contribution in [2.75, 3.05) is 6.61 Å². The minimum atomic E-state index is -0.357. The highest BCUT2D eigenvalue weighted by molar-refractivity contribution is 5.84. The zero-order valence-corrected chi connectivity index (χ0v) is 13.0. The van der Waals surface area contributed by atoms with Gasteiger partial charge < -0.3 is 9.15 Å². The number of rotatable bonds is 2. The smallest absolute Gasteiger partial charge is 0.193 e. The molecule has 0 spiro atoms. The van der Waals surface area contributed by atoms with Gasteiger partial charge in [-0.25, -0.2) is 0 Å². The minimum absolute atomic E-state index is 0.0981. The fraction of sp³-hybridized carbons (Fsp3) is 0.200. The summed E-state index contributed by atoms with van der Waals surface area (Å²) in [6, 6.07) is 16.4. The van der Waals surface area contributed by atoms with Crippen molar-refractivity contribution in [3.05, 3.63) is 70.4 Å². The summed E-state index contributed by atoms with van der Waals surface area (Å²) in [5.74, 6) is 0.687. The second-order valence-corrected chi connectivity index (χ2v) is 5.92. The highest BCUT2D eigenvalue weighted by Crippen LogP contribution is 2.32. The topological polar surface area (TPSA) is 56.5 Å². The predicted octanol–water partition coefficient (Wildman–Crippen LogP) is 3.88. The largest absolute Gasteiger partial charge is 0.455 e. The summed E-state index contributed by atoms with van der Waals surface area (Å²) in [5, 5.41) is 0.508. The van der Waals surface area contributed by atoms with E-state index in [0.29, 0.717) is 36.2 Å². The second kappa shape index (κ2) is 6.06. The maximum Gasteiger partial charge on any atom is 0.193 e. The van der Waals surface area contributed by atoms with E-state index in [1.54, 1.807) is 12.1 Å². The van der Waals surface area contributed by atoms with Crippen molar-refractivity contribution in [3.63, 3.8) is 0 Å². The molecular formula is C20H16O4. The highest BCUT2D eigenvalue weighted by Gasteiger charge is 2.25. The van der Waals surface area contributed by atoms with E-state index >= 15 is 0 Å². The number of ether oxygens (including phenoxy) is 1. The number of hydrogen-bond acceptors (Lipinski definition) is 4. The van der Waals surface area contributed by atoms with Crippen molar-refractivity contribution in [2.24, 2.45) is 0 Å². The zero-order chi connectivity index (χ0) is 16.5. The van der Waals surface area contributed by atoms with Crippen molar-refractivity contribution in [1.82, 2.24) is 0 Å². The van der Waals surface area contributed by atoms with E-state index in [1.807, 2.05) is 36.4 Å². The molecule has 1 aromatic heterocycles. The number of ketones is 1. The third-order valence-corrected chi connectivity index (χ3v) is 4.30. The first-order valence-electron chi connectivity index (χ1n) is 7.98. The number of Topliss-reactive ketones (excluding diaryl/α,β-unsaturated/α-hetero) is 1. The Kier molecular flexibility index (Phi) is 3.75. The molecule has 120 valence electrons. The second-order valence-electron chi connectivity index (χ2n) is 5.92. The van der Waals surface area contributed by atoms with Gasteiger partial charge in [0.05, 0.1) is 18.1 Å². The van der Waals surface area contributed by atoms with Crippen LogP contribution in [0, 0.1) is 0 Å². The van der Waals surface area contributed by atoms with Crippen LogP contribution in [-0.4, -0.2) is 12.4 Å². The van der Waals surface area contributed by atoms with Gasteiger partial charge in [0.2, 0.25) is 0 Å². The summed E-state index contributed by atoms with van der Waals surface area (Å²) < 4.78 is 11.8. The molecule has 0 bridgehead atoms. The number of para-hydroxylation sites is 1. The standard InChI is InChI=1S/C20H16O4/c21-14-9-10-23-19(11-14)16-8-4-7-15-17(22)12-18(24-20(15)16)13-5-2-1-3-6-13/h1-8,12,19H,9-11H2. The van der Waals surface area contributed by atoms with Crippen LogP contribution in [0.3, 0.4) is 0 Å². The van der Waals surface area contributed by atoms with E-state index in [4.69, 9.17) is 9.15 Å². The van der Waals surface area contributed by atoms with Crippen LogP contribution in [0.2, 0.25) is 0 Å². The molecule has 1 unspecified atom stereocenters. The molecule has 1 fully saturated rings. The molecule has 4 heteroatoms. The van der Waals surface area contributed by atoms with Crippen LogP contribution in [-0.2, 0) is 9.53 Å². The molecule has 4 rings (SSSR count). The number of fused-ring (bicyclic) bond motifs is 1. The fourth-order valence-electron chi connectivity index (χ4n) is 3.08.